The SMILES string of the molecule is COc1ccccc1CCNC(=O)c1cc(F)ccc1C. The maximum atomic E-state index is 13.2. The van der Waals surface area contributed by atoms with E-state index in [0.717, 1.165) is 16.9 Å². The Kier molecular flexibility index (Phi) is 4.93. The summed E-state index contributed by atoms with van der Waals surface area (Å²) >= 11 is 0. The molecule has 2 rings (SSSR count). The molecule has 0 heterocycles. The van der Waals surface area contributed by atoms with Gasteiger partial charge in [-0.1, -0.05) is 24.3 Å². The number of hydrogen-bond acceptors (Lipinski definition) is 2. The molecule has 0 bridgehead atoms. The Balaban J connectivity index is 1.97. The van der Waals surface area contributed by atoms with Gasteiger partial charge in [0.2, 0.25) is 0 Å². The van der Waals surface area contributed by atoms with Crippen molar-refractivity contribution in [3.63, 3.8) is 0 Å². The molecular weight excluding hydrogens is 269 g/mol. The Morgan fingerprint density at radius 2 is 2.00 bits per heavy atom. The van der Waals surface area contributed by atoms with Gasteiger partial charge in [0.25, 0.3) is 5.91 Å². The number of nitrogens with one attached hydrogen (secondary N) is 1. The van der Waals surface area contributed by atoms with Crippen LogP contribution in [0.4, 0.5) is 4.39 Å². The van der Waals surface area contributed by atoms with Crippen molar-refractivity contribution >= 4 is 5.91 Å². The van der Waals surface area contributed by atoms with Gasteiger partial charge in [0.15, 0.2) is 0 Å². The van der Waals surface area contributed by atoms with Crippen LogP contribution >= 0.6 is 0 Å². The number of ether oxygens (including phenoxy) is 1. The summed E-state index contributed by atoms with van der Waals surface area (Å²) in [5.74, 6) is 0.131. The number of carbonyl (C=O) groups excluding carboxylic acids is 1. The van der Waals surface area contributed by atoms with Gasteiger partial charge in [-0.05, 0) is 42.7 Å². The fraction of sp³-hybridized carbons (Fsp3) is 0.235. The molecule has 1 amide bonds. The standard InChI is InChI=1S/C17H18FNO2/c1-12-7-8-14(18)11-15(12)17(20)19-10-9-13-5-3-4-6-16(13)21-2/h3-8,11H,9-10H2,1-2H3,(H,19,20). The van der Waals surface area contributed by atoms with E-state index in [1.165, 1.54) is 12.1 Å². The quantitative estimate of drug-likeness (QED) is 0.917. The van der Waals surface area contributed by atoms with Gasteiger partial charge in [-0.25, -0.2) is 4.39 Å². The molecule has 0 aliphatic carbocycles. The second kappa shape index (κ2) is 6.88. The molecule has 1 N–H and O–H groups in total. The summed E-state index contributed by atoms with van der Waals surface area (Å²) in [6, 6.07) is 11.9. The average Bonchev–Trinajstić information content (AvgIpc) is 2.50. The van der Waals surface area contributed by atoms with E-state index in [1.54, 1.807) is 20.1 Å². The van der Waals surface area contributed by atoms with Crippen molar-refractivity contribution < 1.29 is 13.9 Å². The van der Waals surface area contributed by atoms with E-state index in [0.29, 0.717) is 18.5 Å². The van der Waals surface area contributed by atoms with Crippen LogP contribution < -0.4 is 10.1 Å². The molecule has 0 radical (unpaired) electrons. The summed E-state index contributed by atoms with van der Waals surface area (Å²) < 4.78 is 18.5. The van der Waals surface area contributed by atoms with Gasteiger partial charge < -0.3 is 10.1 Å². The molecule has 0 aromatic heterocycles. The predicted molar refractivity (Wildman–Crippen MR) is 80.2 cm³/mol. The fourth-order valence-corrected chi connectivity index (χ4v) is 2.15. The van der Waals surface area contributed by atoms with Crippen molar-refractivity contribution in [2.75, 3.05) is 13.7 Å². The van der Waals surface area contributed by atoms with Gasteiger partial charge >= 0.3 is 0 Å². The number of para-hydroxylation sites is 1. The Bertz CT molecular complexity index is 640. The van der Waals surface area contributed by atoms with Gasteiger partial charge in [0, 0.05) is 12.1 Å². The summed E-state index contributed by atoms with van der Waals surface area (Å²) in [5, 5.41) is 2.81. The van der Waals surface area contributed by atoms with E-state index < -0.39 is 5.82 Å². The fourth-order valence-electron chi connectivity index (χ4n) is 2.15. The summed E-state index contributed by atoms with van der Waals surface area (Å²) in [6.07, 6.45) is 0.657. The zero-order chi connectivity index (χ0) is 15.2. The maximum Gasteiger partial charge on any atom is 0.251 e. The van der Waals surface area contributed by atoms with Crippen LogP contribution in [0.1, 0.15) is 21.5 Å². The number of hydrogen-bond donors (Lipinski definition) is 1. The lowest BCUT2D eigenvalue weighted by Crippen LogP contribution is -2.26. The minimum Gasteiger partial charge on any atom is -0.496 e. The molecule has 0 saturated carbocycles. The van der Waals surface area contributed by atoms with E-state index in [4.69, 9.17) is 4.74 Å². The highest BCUT2D eigenvalue weighted by atomic mass is 19.1. The molecular formula is C17H18FNO2. The summed E-state index contributed by atoms with van der Waals surface area (Å²) in [6.45, 7) is 2.25. The zero-order valence-electron chi connectivity index (χ0n) is 12.2. The predicted octanol–water partition coefficient (Wildman–Crippen LogP) is 3.12. The van der Waals surface area contributed by atoms with E-state index >= 15 is 0 Å². The van der Waals surface area contributed by atoms with Crippen LogP contribution in [0.25, 0.3) is 0 Å². The van der Waals surface area contributed by atoms with Crippen LogP contribution in [-0.4, -0.2) is 19.6 Å². The Labute approximate surface area is 123 Å². The third kappa shape index (κ3) is 3.81. The second-order valence-electron chi connectivity index (χ2n) is 4.78. The van der Waals surface area contributed by atoms with E-state index in [9.17, 15) is 9.18 Å². The number of carbonyl (C=O) groups is 1. The van der Waals surface area contributed by atoms with Crippen molar-refractivity contribution in [2.24, 2.45) is 0 Å². The minimum atomic E-state index is -0.407. The number of aryl methyl sites for hydroxylation is 1. The molecule has 2 aromatic rings. The number of halogens is 1. The lowest BCUT2D eigenvalue weighted by Gasteiger charge is -2.10. The molecule has 2 aromatic carbocycles. The van der Waals surface area contributed by atoms with Crippen LogP contribution in [0.5, 0.6) is 5.75 Å². The number of benzene rings is 2. The molecule has 21 heavy (non-hydrogen) atoms. The molecule has 0 atom stereocenters. The van der Waals surface area contributed by atoms with Crippen molar-refractivity contribution in [2.45, 2.75) is 13.3 Å². The number of amides is 1. The normalized spacial score (nSPS) is 10.2. The summed E-state index contributed by atoms with van der Waals surface area (Å²) in [5.41, 5.74) is 2.15. The van der Waals surface area contributed by atoms with Gasteiger partial charge in [-0.2, -0.15) is 0 Å². The Morgan fingerprint density at radius 1 is 1.24 bits per heavy atom. The molecule has 3 nitrogen and oxygen atoms in total. The third-order valence-electron chi connectivity index (χ3n) is 3.32. The van der Waals surface area contributed by atoms with Crippen LogP contribution in [-0.2, 0) is 6.42 Å². The average molecular weight is 287 g/mol. The van der Waals surface area contributed by atoms with Crippen molar-refractivity contribution in [1.82, 2.24) is 5.32 Å². The van der Waals surface area contributed by atoms with Crippen molar-refractivity contribution in [3.05, 3.63) is 65.0 Å². The molecule has 0 fully saturated rings. The molecule has 0 spiro atoms. The van der Waals surface area contributed by atoms with Crippen molar-refractivity contribution in [1.29, 1.82) is 0 Å². The minimum absolute atomic E-state index is 0.262. The Morgan fingerprint density at radius 3 is 2.76 bits per heavy atom. The number of methoxy groups -OCH3 is 1. The van der Waals surface area contributed by atoms with Gasteiger partial charge in [-0.3, -0.25) is 4.79 Å². The third-order valence-corrected chi connectivity index (χ3v) is 3.32. The second-order valence-corrected chi connectivity index (χ2v) is 4.78. The van der Waals surface area contributed by atoms with Gasteiger partial charge in [0.1, 0.15) is 11.6 Å². The highest BCUT2D eigenvalue weighted by Crippen LogP contribution is 2.17. The van der Waals surface area contributed by atoms with E-state index in [2.05, 4.69) is 5.32 Å². The van der Waals surface area contributed by atoms with Crippen LogP contribution in [0.2, 0.25) is 0 Å². The molecule has 0 saturated heterocycles. The molecule has 0 aliphatic rings. The monoisotopic (exact) mass is 287 g/mol. The number of rotatable bonds is 5. The van der Waals surface area contributed by atoms with Crippen LogP contribution in [0, 0.1) is 12.7 Å². The zero-order valence-corrected chi connectivity index (χ0v) is 12.2. The summed E-state index contributed by atoms with van der Waals surface area (Å²) in [4.78, 5) is 12.1. The molecule has 4 heteroatoms. The first-order valence-electron chi connectivity index (χ1n) is 6.78. The van der Waals surface area contributed by atoms with Gasteiger partial charge in [-0.15, -0.1) is 0 Å². The lowest BCUT2D eigenvalue weighted by atomic mass is 10.1. The van der Waals surface area contributed by atoms with Gasteiger partial charge in [0.05, 0.1) is 7.11 Å². The van der Waals surface area contributed by atoms with E-state index in [-0.39, 0.29) is 5.91 Å². The lowest BCUT2D eigenvalue weighted by molar-refractivity contribution is 0.0953. The molecule has 0 aliphatic heterocycles. The maximum absolute atomic E-state index is 13.2. The summed E-state index contributed by atoms with van der Waals surface area (Å²) in [7, 11) is 1.62. The largest absolute Gasteiger partial charge is 0.496 e. The van der Waals surface area contributed by atoms with Crippen LogP contribution in [0.15, 0.2) is 42.5 Å². The highest BCUT2D eigenvalue weighted by molar-refractivity contribution is 5.95. The first-order chi connectivity index (χ1) is 10.1. The highest BCUT2D eigenvalue weighted by Gasteiger charge is 2.10. The Hall–Kier alpha value is -2.36. The van der Waals surface area contributed by atoms with Crippen LogP contribution in [0.3, 0.4) is 0 Å². The molecule has 0 unspecified atom stereocenters. The first-order valence-corrected chi connectivity index (χ1v) is 6.78. The smallest absolute Gasteiger partial charge is 0.251 e. The topological polar surface area (TPSA) is 38.3 Å². The first kappa shape index (κ1) is 15.0. The van der Waals surface area contributed by atoms with Crippen molar-refractivity contribution in [3.8, 4) is 5.75 Å². The van der Waals surface area contributed by atoms with E-state index in [1.807, 2.05) is 24.3 Å². The molecule has 110 valence electrons.